The van der Waals surface area contributed by atoms with Crippen LogP contribution in [0, 0.1) is 5.92 Å². The van der Waals surface area contributed by atoms with E-state index in [0.29, 0.717) is 5.92 Å². The Labute approximate surface area is 75.6 Å². The van der Waals surface area contributed by atoms with E-state index in [0.717, 1.165) is 12.8 Å². The lowest BCUT2D eigenvalue weighted by atomic mass is 9.64. The van der Waals surface area contributed by atoms with Crippen molar-refractivity contribution in [3.05, 3.63) is 12.2 Å². The van der Waals surface area contributed by atoms with Crippen molar-refractivity contribution in [3.63, 3.8) is 0 Å². The first-order valence-corrected chi connectivity index (χ1v) is 4.61. The minimum Gasteiger partial charge on any atom is -0.374 e. The molecular formula is C10H15BO. The fraction of sp³-hybridized carbons (Fsp3) is 0.800. The van der Waals surface area contributed by atoms with Gasteiger partial charge in [0.1, 0.15) is 7.85 Å². The van der Waals surface area contributed by atoms with E-state index in [4.69, 9.17) is 12.6 Å². The lowest BCUT2D eigenvalue weighted by Gasteiger charge is -2.27. The normalized spacial score (nSPS) is 51.3. The van der Waals surface area contributed by atoms with Gasteiger partial charge < -0.3 is 4.74 Å². The Morgan fingerprint density at radius 1 is 1.67 bits per heavy atom. The monoisotopic (exact) mass is 162 g/mol. The molecule has 1 nitrogen and oxygen atoms in total. The summed E-state index contributed by atoms with van der Waals surface area (Å²) in [6, 6.07) is 0. The Bertz CT molecular complexity index is 238. The van der Waals surface area contributed by atoms with E-state index in [2.05, 4.69) is 20.4 Å². The van der Waals surface area contributed by atoms with Gasteiger partial charge in [0, 0.05) is 0 Å². The maximum Gasteiger partial charge on any atom is 0.117 e. The van der Waals surface area contributed by atoms with Gasteiger partial charge >= 0.3 is 0 Å². The summed E-state index contributed by atoms with van der Waals surface area (Å²) in [5.41, 5.74) is 0.908. The molecule has 1 saturated heterocycles. The maximum absolute atomic E-state index is 6.05. The number of allylic oxidation sites excluding steroid dienone is 1. The second-order valence-electron chi connectivity index (χ2n) is 4.51. The minimum absolute atomic E-state index is 0.0149. The Kier molecular flexibility index (Phi) is 1.51. The summed E-state index contributed by atoms with van der Waals surface area (Å²) in [6.45, 7) is 8.17. The van der Waals surface area contributed by atoms with Crippen molar-refractivity contribution in [2.45, 2.75) is 44.2 Å². The van der Waals surface area contributed by atoms with Crippen molar-refractivity contribution in [3.8, 4) is 0 Å². The Hall–Kier alpha value is -0.235. The molecule has 0 spiro atoms. The first-order valence-electron chi connectivity index (χ1n) is 4.61. The number of ether oxygens (including phenoxy) is 1. The molecule has 0 N–H and O–H groups in total. The van der Waals surface area contributed by atoms with Gasteiger partial charge in [-0.1, -0.05) is 12.2 Å². The van der Waals surface area contributed by atoms with Crippen LogP contribution in [0.3, 0.4) is 0 Å². The van der Waals surface area contributed by atoms with E-state index in [1.807, 2.05) is 0 Å². The van der Waals surface area contributed by atoms with Crippen LogP contribution in [0.1, 0.15) is 33.1 Å². The van der Waals surface area contributed by atoms with Crippen molar-refractivity contribution >= 4 is 7.85 Å². The van der Waals surface area contributed by atoms with Crippen molar-refractivity contribution < 1.29 is 4.74 Å². The van der Waals surface area contributed by atoms with E-state index < -0.39 is 0 Å². The highest BCUT2D eigenvalue weighted by molar-refractivity contribution is 6.17. The molecule has 3 unspecified atom stereocenters. The van der Waals surface area contributed by atoms with Gasteiger partial charge in [-0.2, -0.15) is 0 Å². The fourth-order valence-corrected chi connectivity index (χ4v) is 2.24. The van der Waals surface area contributed by atoms with E-state index in [9.17, 15) is 0 Å². The van der Waals surface area contributed by atoms with E-state index in [1.165, 1.54) is 12.0 Å². The summed E-state index contributed by atoms with van der Waals surface area (Å²) in [4.78, 5) is 0. The van der Waals surface area contributed by atoms with Crippen LogP contribution < -0.4 is 0 Å². The summed E-state index contributed by atoms with van der Waals surface area (Å²) in [6.07, 6.45) is 3.23. The lowest BCUT2D eigenvalue weighted by Crippen LogP contribution is -2.32. The fourth-order valence-electron chi connectivity index (χ4n) is 2.24. The maximum atomic E-state index is 6.05. The van der Waals surface area contributed by atoms with Crippen LogP contribution in [0.15, 0.2) is 12.2 Å². The highest BCUT2D eigenvalue weighted by Crippen LogP contribution is 2.57. The lowest BCUT2D eigenvalue weighted by molar-refractivity contribution is 0.298. The molecule has 0 aromatic rings. The highest BCUT2D eigenvalue weighted by atomic mass is 16.6. The molecule has 1 heterocycles. The van der Waals surface area contributed by atoms with Gasteiger partial charge in [-0.25, -0.2) is 0 Å². The highest BCUT2D eigenvalue weighted by Gasteiger charge is 2.64. The quantitative estimate of drug-likeness (QED) is 0.326. The first kappa shape index (κ1) is 8.37. The zero-order valence-corrected chi connectivity index (χ0v) is 7.89. The second-order valence-corrected chi connectivity index (χ2v) is 4.51. The largest absolute Gasteiger partial charge is 0.374 e. The van der Waals surface area contributed by atoms with Gasteiger partial charge in [0.25, 0.3) is 0 Å². The molecule has 3 atom stereocenters. The van der Waals surface area contributed by atoms with Crippen LogP contribution >= 0.6 is 0 Å². The van der Waals surface area contributed by atoms with E-state index in [1.54, 1.807) is 0 Å². The number of hydrogen-bond acceptors (Lipinski definition) is 1. The molecule has 0 amide bonds. The predicted molar refractivity (Wildman–Crippen MR) is 50.1 cm³/mol. The van der Waals surface area contributed by atoms with Crippen molar-refractivity contribution in [2.24, 2.45) is 5.92 Å². The molecule has 1 saturated carbocycles. The predicted octanol–water partition coefficient (Wildman–Crippen LogP) is 2.02. The molecule has 2 aliphatic rings. The van der Waals surface area contributed by atoms with Gasteiger partial charge in [-0.05, 0) is 39.0 Å². The summed E-state index contributed by atoms with van der Waals surface area (Å²) in [7, 11) is 6.05. The molecule has 0 aromatic heterocycles. The molecule has 2 rings (SSSR count). The molecule has 2 radical (unpaired) electrons. The number of fused-ring (bicyclic) bond motifs is 1. The molecule has 1 aliphatic heterocycles. The van der Waals surface area contributed by atoms with Crippen molar-refractivity contribution in [1.29, 1.82) is 0 Å². The molecule has 0 bridgehead atoms. The molecular weight excluding hydrogens is 147 g/mol. The van der Waals surface area contributed by atoms with Crippen LogP contribution in [-0.4, -0.2) is 18.9 Å². The van der Waals surface area contributed by atoms with Crippen LogP contribution in [0.25, 0.3) is 0 Å². The number of hydrogen-bond donors (Lipinski definition) is 0. The van der Waals surface area contributed by atoms with Crippen LogP contribution in [0.5, 0.6) is 0 Å². The number of rotatable bonds is 1. The Morgan fingerprint density at radius 3 is 2.83 bits per heavy atom. The summed E-state index contributed by atoms with van der Waals surface area (Å²) in [5.74, 6) is 0.575. The summed E-state index contributed by atoms with van der Waals surface area (Å²) >= 11 is 0. The Morgan fingerprint density at radius 2 is 2.33 bits per heavy atom. The van der Waals surface area contributed by atoms with E-state index >= 15 is 0 Å². The third-order valence-corrected chi connectivity index (χ3v) is 3.48. The van der Waals surface area contributed by atoms with E-state index in [-0.39, 0.29) is 11.1 Å². The van der Waals surface area contributed by atoms with Crippen molar-refractivity contribution in [2.75, 3.05) is 0 Å². The van der Waals surface area contributed by atoms with Gasteiger partial charge in [0.15, 0.2) is 0 Å². The smallest absolute Gasteiger partial charge is 0.117 e. The van der Waals surface area contributed by atoms with Gasteiger partial charge in [0.05, 0.1) is 11.1 Å². The molecule has 12 heavy (non-hydrogen) atoms. The van der Waals surface area contributed by atoms with Gasteiger partial charge in [-0.3, -0.25) is 0 Å². The molecule has 64 valence electrons. The van der Waals surface area contributed by atoms with Crippen molar-refractivity contribution in [1.82, 2.24) is 0 Å². The average Bonchev–Trinajstić information content (AvgIpc) is 2.51. The summed E-state index contributed by atoms with van der Waals surface area (Å²) < 4.78 is 5.57. The molecule has 1 aliphatic carbocycles. The Balaban J connectivity index is 2.08. The third kappa shape index (κ3) is 0.973. The molecule has 0 aromatic carbocycles. The SMILES string of the molecule is [B]C12CC(C(=C)C)CCC1(C)O2. The van der Waals surface area contributed by atoms with Crippen LogP contribution in [0.4, 0.5) is 0 Å². The second kappa shape index (κ2) is 2.17. The molecule has 2 fully saturated rings. The zero-order valence-electron chi connectivity index (χ0n) is 7.89. The minimum atomic E-state index is -0.325. The zero-order chi connectivity index (χ0) is 8.98. The topological polar surface area (TPSA) is 12.5 Å². The standard InChI is InChI=1S/C10H15BO/c1-7(2)8-4-5-9(3)10(11,6-8)12-9/h8H,1,4-6H2,2-3H3. The summed E-state index contributed by atoms with van der Waals surface area (Å²) in [5, 5.41) is 0. The number of epoxide rings is 1. The third-order valence-electron chi connectivity index (χ3n) is 3.48. The van der Waals surface area contributed by atoms with Crippen LogP contribution in [0.2, 0.25) is 0 Å². The first-order chi connectivity index (χ1) is 5.47. The average molecular weight is 162 g/mol. The molecule has 2 heteroatoms. The van der Waals surface area contributed by atoms with Crippen LogP contribution in [-0.2, 0) is 4.74 Å². The van der Waals surface area contributed by atoms with Gasteiger partial charge in [-0.15, -0.1) is 0 Å². The van der Waals surface area contributed by atoms with Gasteiger partial charge in [0.2, 0.25) is 0 Å².